The summed E-state index contributed by atoms with van der Waals surface area (Å²) in [5, 5.41) is 12.5. The lowest BCUT2D eigenvalue weighted by atomic mass is 10.1. The lowest BCUT2D eigenvalue weighted by molar-refractivity contribution is 0.0620. The molecule has 2 saturated heterocycles. The number of hydrogen-bond donors (Lipinski definition) is 1. The highest BCUT2D eigenvalue weighted by Crippen LogP contribution is 2.34. The van der Waals surface area contributed by atoms with Gasteiger partial charge in [-0.1, -0.05) is 65.9 Å². The molecule has 0 bridgehead atoms. The van der Waals surface area contributed by atoms with Crippen LogP contribution in [0.1, 0.15) is 29.3 Å². The van der Waals surface area contributed by atoms with Crippen LogP contribution >= 0.6 is 0 Å². The molecule has 7 nitrogen and oxygen atoms in total. The summed E-state index contributed by atoms with van der Waals surface area (Å²) in [5.74, 6) is 0. The van der Waals surface area contributed by atoms with Crippen molar-refractivity contribution in [2.75, 3.05) is 26.8 Å². The number of rotatable bonds is 10. The summed E-state index contributed by atoms with van der Waals surface area (Å²) in [6.07, 6.45) is 4.32. The van der Waals surface area contributed by atoms with Gasteiger partial charge in [0.25, 0.3) is 0 Å². The van der Waals surface area contributed by atoms with Gasteiger partial charge in [0.1, 0.15) is 18.2 Å². The largest absolute Gasteiger partial charge is 0.371 e. The lowest BCUT2D eigenvalue weighted by Crippen LogP contribution is -2.41. The Morgan fingerprint density at radius 2 is 1.67 bits per heavy atom. The van der Waals surface area contributed by atoms with Crippen molar-refractivity contribution in [3.05, 3.63) is 83.7 Å². The van der Waals surface area contributed by atoms with Gasteiger partial charge in [-0.15, -0.1) is 5.10 Å². The number of benzene rings is 2. The molecule has 174 valence electrons. The Kier molecular flexibility index (Phi) is 7.12. The molecular weight excluding hydrogens is 414 g/mol. The number of nitrogens with zero attached hydrogens (tertiary/aromatic N) is 4. The van der Waals surface area contributed by atoms with E-state index in [1.165, 1.54) is 11.1 Å². The van der Waals surface area contributed by atoms with Crippen molar-refractivity contribution in [1.29, 1.82) is 0 Å². The van der Waals surface area contributed by atoms with Crippen molar-refractivity contribution in [1.82, 2.24) is 25.2 Å². The third-order valence-corrected chi connectivity index (χ3v) is 6.54. The van der Waals surface area contributed by atoms with E-state index in [-0.39, 0.29) is 24.3 Å². The minimum absolute atomic E-state index is 0.0215. The summed E-state index contributed by atoms with van der Waals surface area (Å²) >= 11 is 0. The van der Waals surface area contributed by atoms with Gasteiger partial charge in [0.05, 0.1) is 31.1 Å². The number of fused-ring (bicyclic) bond motifs is 1. The maximum absolute atomic E-state index is 6.15. The molecule has 3 aromatic rings. The minimum atomic E-state index is 0.0215. The van der Waals surface area contributed by atoms with Crippen molar-refractivity contribution in [2.45, 2.75) is 50.2 Å². The van der Waals surface area contributed by atoms with Crippen LogP contribution in [0.3, 0.4) is 0 Å². The predicted molar refractivity (Wildman–Crippen MR) is 127 cm³/mol. The Balaban J connectivity index is 1.10. The molecule has 2 aromatic carbocycles. The molecular formula is C26H33N5O2. The molecule has 2 aliphatic rings. The topological polar surface area (TPSA) is 64.4 Å². The first-order valence-electron chi connectivity index (χ1n) is 11.9. The fourth-order valence-electron chi connectivity index (χ4n) is 4.88. The molecule has 33 heavy (non-hydrogen) atoms. The Morgan fingerprint density at radius 3 is 2.45 bits per heavy atom. The fourth-order valence-corrected chi connectivity index (χ4v) is 4.88. The van der Waals surface area contributed by atoms with E-state index in [0.29, 0.717) is 13.2 Å². The maximum Gasteiger partial charge on any atom is 0.110 e. The average Bonchev–Trinajstić information content (AvgIpc) is 3.55. The van der Waals surface area contributed by atoms with Gasteiger partial charge in [-0.3, -0.25) is 4.90 Å². The van der Waals surface area contributed by atoms with Crippen LogP contribution < -0.4 is 5.32 Å². The van der Waals surface area contributed by atoms with Crippen LogP contribution in [0, 0.1) is 0 Å². The first kappa shape index (κ1) is 22.2. The molecule has 2 fully saturated rings. The molecule has 3 heterocycles. The highest BCUT2D eigenvalue weighted by atomic mass is 16.6. The monoisotopic (exact) mass is 447 g/mol. The third-order valence-electron chi connectivity index (χ3n) is 6.54. The van der Waals surface area contributed by atoms with E-state index in [0.717, 1.165) is 38.2 Å². The predicted octanol–water partition coefficient (Wildman–Crippen LogP) is 2.84. The maximum atomic E-state index is 6.15. The second-order valence-corrected chi connectivity index (χ2v) is 9.16. The third kappa shape index (κ3) is 5.50. The standard InChI is InChI=1S/C26H33N5O2/c1-30(15-21-11-6-3-7-12-21)16-22-17-31(29-28-22)24-19-33-25-23(18-32-26(24)25)27-14-8-13-20-9-4-2-5-10-20/h2-7,9-12,17,23-27H,8,13-16,18-19H2,1H3/t23-,24-,25+,26+/m0/s1. The molecule has 0 radical (unpaired) electrons. The van der Waals surface area contributed by atoms with E-state index >= 15 is 0 Å². The normalized spacial score (nSPS) is 24.4. The summed E-state index contributed by atoms with van der Waals surface area (Å²) in [4.78, 5) is 2.25. The number of ether oxygens (including phenoxy) is 2. The van der Waals surface area contributed by atoms with Crippen LogP contribution in [0.25, 0.3) is 0 Å². The molecule has 7 heteroatoms. The van der Waals surface area contributed by atoms with E-state index in [1.54, 1.807) is 0 Å². The molecule has 0 aliphatic carbocycles. The fraction of sp³-hybridized carbons (Fsp3) is 0.462. The van der Waals surface area contributed by atoms with Crippen LogP contribution in [0.4, 0.5) is 0 Å². The number of hydrogen-bond acceptors (Lipinski definition) is 6. The molecule has 0 unspecified atom stereocenters. The second kappa shape index (κ2) is 10.6. The van der Waals surface area contributed by atoms with Gasteiger partial charge in [-0.25, -0.2) is 4.68 Å². The van der Waals surface area contributed by atoms with Crippen LogP contribution in [-0.2, 0) is 29.0 Å². The zero-order valence-electron chi connectivity index (χ0n) is 19.2. The highest BCUT2D eigenvalue weighted by Gasteiger charge is 2.48. The van der Waals surface area contributed by atoms with E-state index in [4.69, 9.17) is 9.47 Å². The zero-order chi connectivity index (χ0) is 22.5. The second-order valence-electron chi connectivity index (χ2n) is 9.16. The summed E-state index contributed by atoms with van der Waals surface area (Å²) in [5.41, 5.74) is 3.64. The highest BCUT2D eigenvalue weighted by molar-refractivity contribution is 5.15. The summed E-state index contributed by atoms with van der Waals surface area (Å²) < 4.78 is 14.2. The Bertz CT molecular complexity index is 996. The zero-order valence-corrected chi connectivity index (χ0v) is 19.2. The van der Waals surface area contributed by atoms with Gasteiger partial charge in [-0.2, -0.15) is 0 Å². The molecule has 0 amide bonds. The van der Waals surface area contributed by atoms with Crippen LogP contribution in [0.2, 0.25) is 0 Å². The molecule has 4 atom stereocenters. The Morgan fingerprint density at radius 1 is 0.939 bits per heavy atom. The SMILES string of the molecule is CN(Cc1ccccc1)Cc1cn([C@H]2CO[C@H]3[C@@H]2OC[C@@H]3NCCCc2ccccc2)nn1. The van der Waals surface area contributed by atoms with Gasteiger partial charge in [0.15, 0.2) is 0 Å². The van der Waals surface area contributed by atoms with Crippen LogP contribution in [-0.4, -0.2) is 64.9 Å². The van der Waals surface area contributed by atoms with Gasteiger partial charge in [0.2, 0.25) is 0 Å². The Labute approximate surface area is 195 Å². The van der Waals surface area contributed by atoms with Crippen molar-refractivity contribution < 1.29 is 9.47 Å². The summed E-state index contributed by atoms with van der Waals surface area (Å²) in [7, 11) is 2.11. The average molecular weight is 448 g/mol. The molecule has 1 aromatic heterocycles. The molecule has 0 saturated carbocycles. The molecule has 2 aliphatic heterocycles. The smallest absolute Gasteiger partial charge is 0.110 e. The first-order valence-corrected chi connectivity index (χ1v) is 11.9. The molecule has 5 rings (SSSR count). The van der Waals surface area contributed by atoms with E-state index in [1.807, 2.05) is 16.9 Å². The minimum Gasteiger partial charge on any atom is -0.371 e. The van der Waals surface area contributed by atoms with Gasteiger partial charge in [0, 0.05) is 13.1 Å². The number of nitrogens with one attached hydrogen (secondary N) is 1. The van der Waals surface area contributed by atoms with E-state index in [2.05, 4.69) is 82.2 Å². The first-order chi connectivity index (χ1) is 16.3. The Hall–Kier alpha value is -2.58. The summed E-state index contributed by atoms with van der Waals surface area (Å²) in [6, 6.07) is 21.4. The quantitative estimate of drug-likeness (QED) is 0.482. The molecule has 0 spiro atoms. The van der Waals surface area contributed by atoms with Crippen molar-refractivity contribution in [2.24, 2.45) is 0 Å². The van der Waals surface area contributed by atoms with Gasteiger partial charge in [-0.05, 0) is 37.6 Å². The van der Waals surface area contributed by atoms with Crippen LogP contribution in [0.5, 0.6) is 0 Å². The van der Waals surface area contributed by atoms with Gasteiger partial charge < -0.3 is 14.8 Å². The van der Waals surface area contributed by atoms with Crippen molar-refractivity contribution >= 4 is 0 Å². The number of aromatic nitrogens is 3. The summed E-state index contributed by atoms with van der Waals surface area (Å²) in [6.45, 7) is 3.88. The van der Waals surface area contributed by atoms with Crippen LogP contribution in [0.15, 0.2) is 66.9 Å². The van der Waals surface area contributed by atoms with Crippen molar-refractivity contribution in [3.63, 3.8) is 0 Å². The molecule has 1 N–H and O–H groups in total. The van der Waals surface area contributed by atoms with E-state index < -0.39 is 0 Å². The lowest BCUT2D eigenvalue weighted by Gasteiger charge is -2.18. The van der Waals surface area contributed by atoms with E-state index in [9.17, 15) is 0 Å². The van der Waals surface area contributed by atoms with Gasteiger partial charge >= 0.3 is 0 Å². The number of aryl methyl sites for hydroxylation is 1. The van der Waals surface area contributed by atoms with Crippen molar-refractivity contribution in [3.8, 4) is 0 Å².